The molecule has 230 valence electrons. The molecule has 7 atom stereocenters. The number of pyridine rings is 1. The van der Waals surface area contributed by atoms with E-state index in [2.05, 4.69) is 15.1 Å². The molecule has 1 fully saturated rings. The molecule has 14 heteroatoms. The lowest BCUT2D eigenvalue weighted by molar-refractivity contribution is -0.150. The Morgan fingerprint density at radius 3 is 2.74 bits per heavy atom. The molecule has 0 amide bonds. The van der Waals surface area contributed by atoms with Crippen LogP contribution in [-0.2, 0) is 30.6 Å². The number of esters is 1. The summed E-state index contributed by atoms with van der Waals surface area (Å²) in [5.74, 6) is -0.0460. The van der Waals surface area contributed by atoms with Crippen LogP contribution in [0.4, 0.5) is 5.69 Å². The van der Waals surface area contributed by atoms with Gasteiger partial charge in [-0.2, -0.15) is 0 Å². The molecule has 0 saturated carbocycles. The maximum Gasteiger partial charge on any atom is 0.323 e. The maximum absolute atomic E-state index is 12.8. The van der Waals surface area contributed by atoms with Crippen molar-refractivity contribution in [2.75, 3.05) is 12.3 Å². The first-order chi connectivity index (χ1) is 20.4. The molecule has 2 aromatic heterocycles. The van der Waals surface area contributed by atoms with Gasteiger partial charge in [0.2, 0.25) is 0 Å². The Morgan fingerprint density at radius 2 is 1.98 bits per heavy atom. The van der Waals surface area contributed by atoms with Crippen molar-refractivity contribution in [2.45, 2.75) is 70.3 Å². The van der Waals surface area contributed by atoms with Crippen molar-refractivity contribution < 1.29 is 33.5 Å². The SMILES string of the molecule is CCC(C)OC(=O)C(C)NP(=S)(OC[C@H]1O[C@@H](n2cnc3c(N)ccnc32)[C@](C)(O)[C@@H]1O)Oc1cccc2ccccc12. The van der Waals surface area contributed by atoms with Crippen LogP contribution in [0.5, 0.6) is 5.75 Å². The van der Waals surface area contributed by atoms with E-state index in [9.17, 15) is 15.0 Å². The molecule has 0 radical (unpaired) electrons. The van der Waals surface area contributed by atoms with Crippen LogP contribution in [0, 0.1) is 0 Å². The van der Waals surface area contributed by atoms with E-state index < -0.39 is 42.7 Å². The van der Waals surface area contributed by atoms with Crippen molar-refractivity contribution in [3.63, 3.8) is 0 Å². The second-order valence-electron chi connectivity index (χ2n) is 10.8. The highest BCUT2D eigenvalue weighted by atomic mass is 32.5. The number of carbonyl (C=O) groups is 1. The summed E-state index contributed by atoms with van der Waals surface area (Å²) in [4.78, 5) is 21.4. The minimum absolute atomic E-state index is 0.266. The molecule has 12 nitrogen and oxygen atoms in total. The number of nitrogens with one attached hydrogen (secondary N) is 1. The van der Waals surface area contributed by atoms with Gasteiger partial charge in [-0.3, -0.25) is 9.36 Å². The number of ether oxygens (including phenoxy) is 2. The molecule has 3 unspecified atom stereocenters. The number of nitrogens with zero attached hydrogens (tertiary/aromatic N) is 3. The molecule has 1 aliphatic heterocycles. The number of anilines is 1. The van der Waals surface area contributed by atoms with Gasteiger partial charge in [-0.05, 0) is 56.5 Å². The number of aromatic nitrogens is 3. The number of carbonyl (C=O) groups excluding carboxylic acids is 1. The molecule has 2 aromatic carbocycles. The number of rotatable bonds is 11. The van der Waals surface area contributed by atoms with Crippen LogP contribution in [0.2, 0.25) is 0 Å². The lowest BCUT2D eigenvalue weighted by Gasteiger charge is -2.29. The fourth-order valence-corrected chi connectivity index (χ4v) is 7.26. The average Bonchev–Trinajstić information content (AvgIpc) is 3.50. The number of hydrogen-bond acceptors (Lipinski definition) is 11. The zero-order valence-electron chi connectivity index (χ0n) is 24.3. The Labute approximate surface area is 254 Å². The molecule has 3 heterocycles. The molecule has 1 aliphatic rings. The predicted molar refractivity (Wildman–Crippen MR) is 166 cm³/mol. The van der Waals surface area contributed by atoms with E-state index in [1.807, 2.05) is 43.3 Å². The van der Waals surface area contributed by atoms with Gasteiger partial charge in [0.15, 0.2) is 11.9 Å². The van der Waals surface area contributed by atoms with Gasteiger partial charge in [-0.1, -0.05) is 43.3 Å². The third-order valence-corrected chi connectivity index (χ3v) is 9.96. The standard InChI is InChI=1S/C29H36N5O7PS/c1-5-17(2)39-27(36)18(3)33-42(43,41-22-12-8-10-19-9-6-7-11-20(19)22)38-15-23-25(35)29(4,37)28(40-23)34-16-32-24-21(30)13-14-31-26(24)34/h6-14,16-18,23,25,28,35,37H,5,15H2,1-4H3,(H2,30,31)(H,33,43)/t17?,18?,23-,25-,28-,29-,42?/m1/s1. The van der Waals surface area contributed by atoms with Crippen LogP contribution in [0.15, 0.2) is 61.1 Å². The van der Waals surface area contributed by atoms with E-state index in [0.717, 1.165) is 10.8 Å². The number of nitrogens with two attached hydrogens (primary N) is 1. The predicted octanol–water partition coefficient (Wildman–Crippen LogP) is 3.82. The summed E-state index contributed by atoms with van der Waals surface area (Å²) in [7, 11) is 0. The highest BCUT2D eigenvalue weighted by Gasteiger charge is 2.54. The molecule has 4 aromatic rings. The minimum atomic E-state index is -3.49. The summed E-state index contributed by atoms with van der Waals surface area (Å²) in [5, 5.41) is 27.3. The zero-order chi connectivity index (χ0) is 30.9. The molecular weight excluding hydrogens is 593 g/mol. The number of hydrogen-bond donors (Lipinski definition) is 4. The molecule has 1 saturated heterocycles. The first-order valence-electron chi connectivity index (χ1n) is 14.0. The smallest absolute Gasteiger partial charge is 0.323 e. The van der Waals surface area contributed by atoms with Gasteiger partial charge >= 0.3 is 12.6 Å². The Kier molecular flexibility index (Phi) is 9.05. The Balaban J connectivity index is 1.40. The molecule has 43 heavy (non-hydrogen) atoms. The molecule has 0 bridgehead atoms. The first-order valence-corrected chi connectivity index (χ1v) is 16.6. The van der Waals surface area contributed by atoms with Crippen LogP contribution in [0.25, 0.3) is 21.9 Å². The van der Waals surface area contributed by atoms with Crippen LogP contribution in [0.1, 0.15) is 40.3 Å². The number of imidazole rings is 1. The Morgan fingerprint density at radius 1 is 1.23 bits per heavy atom. The quantitative estimate of drug-likeness (QED) is 0.140. The Hall–Kier alpha value is -3.16. The van der Waals surface area contributed by atoms with Gasteiger partial charge in [0.05, 0.1) is 24.7 Å². The zero-order valence-corrected chi connectivity index (χ0v) is 26.0. The first kappa shape index (κ1) is 31.3. The third kappa shape index (κ3) is 6.39. The highest BCUT2D eigenvalue weighted by molar-refractivity contribution is 8.09. The van der Waals surface area contributed by atoms with E-state index in [1.54, 1.807) is 26.0 Å². The van der Waals surface area contributed by atoms with E-state index in [0.29, 0.717) is 29.0 Å². The average molecular weight is 630 g/mol. The molecule has 5 N–H and O–H groups in total. The number of benzene rings is 2. The lowest BCUT2D eigenvalue weighted by Crippen LogP contribution is -2.44. The summed E-state index contributed by atoms with van der Waals surface area (Å²) < 4.78 is 25.6. The van der Waals surface area contributed by atoms with Gasteiger partial charge in [0, 0.05) is 11.6 Å². The van der Waals surface area contributed by atoms with Crippen molar-refractivity contribution in [1.82, 2.24) is 19.6 Å². The summed E-state index contributed by atoms with van der Waals surface area (Å²) >= 11 is 5.91. The van der Waals surface area contributed by atoms with Crippen molar-refractivity contribution in [3.05, 3.63) is 61.1 Å². The van der Waals surface area contributed by atoms with Crippen molar-refractivity contribution >= 4 is 52.0 Å². The normalized spacial score (nSPS) is 24.9. The second-order valence-corrected chi connectivity index (χ2v) is 13.9. The Bertz CT molecular complexity index is 1660. The number of aliphatic hydroxyl groups is 2. The number of nitrogen functional groups attached to an aromatic ring is 1. The van der Waals surface area contributed by atoms with Crippen molar-refractivity contribution in [3.8, 4) is 5.75 Å². The molecule has 0 spiro atoms. The summed E-state index contributed by atoms with van der Waals surface area (Å²) in [6.07, 6.45) is -0.128. The van der Waals surface area contributed by atoms with E-state index >= 15 is 0 Å². The monoisotopic (exact) mass is 629 g/mol. The van der Waals surface area contributed by atoms with Crippen LogP contribution in [0.3, 0.4) is 0 Å². The fourth-order valence-electron chi connectivity index (χ4n) is 4.84. The molecular formula is C29H36N5O7PS. The largest absolute Gasteiger partial charge is 0.462 e. The van der Waals surface area contributed by atoms with E-state index in [1.165, 1.54) is 24.0 Å². The summed E-state index contributed by atoms with van der Waals surface area (Å²) in [6, 6.07) is 13.9. The second kappa shape index (κ2) is 12.4. The fraction of sp³-hybridized carbons (Fsp3) is 0.414. The van der Waals surface area contributed by atoms with Gasteiger partial charge in [-0.25, -0.2) is 15.1 Å². The molecule has 0 aliphatic carbocycles. The minimum Gasteiger partial charge on any atom is -0.462 e. The topological polar surface area (TPSA) is 163 Å². The van der Waals surface area contributed by atoms with Crippen molar-refractivity contribution in [2.24, 2.45) is 0 Å². The van der Waals surface area contributed by atoms with E-state index in [4.69, 9.17) is 36.1 Å². The number of aliphatic hydroxyl groups excluding tert-OH is 1. The lowest BCUT2D eigenvalue weighted by atomic mass is 9.96. The summed E-state index contributed by atoms with van der Waals surface area (Å²) in [6.45, 7) is 3.03. The summed E-state index contributed by atoms with van der Waals surface area (Å²) in [5.41, 5.74) is 5.52. The van der Waals surface area contributed by atoms with Crippen LogP contribution in [-0.4, -0.2) is 67.3 Å². The highest BCUT2D eigenvalue weighted by Crippen LogP contribution is 2.49. The maximum atomic E-state index is 12.8. The van der Waals surface area contributed by atoms with E-state index in [-0.39, 0.29) is 12.7 Å². The number of fused-ring (bicyclic) bond motifs is 2. The van der Waals surface area contributed by atoms with Gasteiger partial charge in [0.1, 0.15) is 35.1 Å². The van der Waals surface area contributed by atoms with Gasteiger partial charge in [-0.15, -0.1) is 0 Å². The molecule has 5 rings (SSSR count). The van der Waals surface area contributed by atoms with Crippen LogP contribution >= 0.6 is 6.64 Å². The van der Waals surface area contributed by atoms with Gasteiger partial charge < -0.3 is 34.5 Å². The van der Waals surface area contributed by atoms with Crippen LogP contribution < -0.4 is 15.3 Å². The van der Waals surface area contributed by atoms with Crippen molar-refractivity contribution in [1.29, 1.82) is 0 Å². The van der Waals surface area contributed by atoms with Gasteiger partial charge in [0.25, 0.3) is 0 Å². The third-order valence-electron chi connectivity index (χ3n) is 7.47.